The summed E-state index contributed by atoms with van der Waals surface area (Å²) in [4.78, 5) is 24.9. The van der Waals surface area contributed by atoms with E-state index in [2.05, 4.69) is 27.3 Å². The predicted molar refractivity (Wildman–Crippen MR) is 132 cm³/mol. The molecule has 9 heteroatoms. The zero-order valence-electron chi connectivity index (χ0n) is 19.5. The minimum absolute atomic E-state index is 0.0119. The molecule has 0 bridgehead atoms. The highest BCUT2D eigenvalue weighted by Crippen LogP contribution is 2.29. The Labute approximate surface area is 202 Å². The van der Waals surface area contributed by atoms with Gasteiger partial charge in [0, 0.05) is 43.1 Å². The number of nitrogens with zero attached hydrogens (tertiary/aromatic N) is 5. The van der Waals surface area contributed by atoms with Gasteiger partial charge in [-0.25, -0.2) is 0 Å². The zero-order chi connectivity index (χ0) is 23.8. The lowest BCUT2D eigenvalue weighted by Crippen LogP contribution is -2.51. The lowest BCUT2D eigenvalue weighted by molar-refractivity contribution is 0.0539. The molecule has 1 amide bonds. The summed E-state index contributed by atoms with van der Waals surface area (Å²) in [5.74, 6) is 0.307. The van der Waals surface area contributed by atoms with Crippen LogP contribution >= 0.6 is 11.6 Å². The molecular weight excluding hydrogens is 452 g/mol. The normalized spacial score (nSPS) is 18.4. The maximum atomic E-state index is 13.9. The molecule has 5 rings (SSSR count). The Bertz CT molecular complexity index is 1350. The highest BCUT2D eigenvalue weighted by molar-refractivity contribution is 6.31. The van der Waals surface area contributed by atoms with Gasteiger partial charge in [-0.05, 0) is 55.5 Å². The Hall–Kier alpha value is -3.39. The van der Waals surface area contributed by atoms with Crippen molar-refractivity contribution in [1.82, 2.24) is 24.6 Å². The summed E-state index contributed by atoms with van der Waals surface area (Å²) in [6.45, 7) is 5.37. The van der Waals surface area contributed by atoms with E-state index in [4.69, 9.17) is 16.0 Å². The molecular formula is C25H27ClN6O2. The van der Waals surface area contributed by atoms with Gasteiger partial charge < -0.3 is 14.6 Å². The molecule has 176 valence electrons. The van der Waals surface area contributed by atoms with Crippen LogP contribution in [0.1, 0.15) is 35.7 Å². The molecule has 1 aromatic carbocycles. The Balaban J connectivity index is 1.41. The van der Waals surface area contributed by atoms with Crippen LogP contribution in [0.25, 0.3) is 22.4 Å². The smallest absolute Gasteiger partial charge is 0.295 e. The van der Waals surface area contributed by atoms with Crippen LogP contribution in [0.15, 0.2) is 47.3 Å². The molecule has 2 atom stereocenters. The van der Waals surface area contributed by atoms with Gasteiger partial charge in [0.2, 0.25) is 0 Å². The van der Waals surface area contributed by atoms with Gasteiger partial charge in [-0.3, -0.25) is 14.5 Å². The number of halogens is 1. The van der Waals surface area contributed by atoms with Crippen LogP contribution in [-0.2, 0) is 7.05 Å². The highest BCUT2D eigenvalue weighted by Gasteiger charge is 2.34. The molecule has 4 aromatic rings. The number of rotatable bonds is 5. The van der Waals surface area contributed by atoms with Crippen molar-refractivity contribution >= 4 is 34.6 Å². The lowest BCUT2D eigenvalue weighted by Gasteiger charge is -2.40. The first kappa shape index (κ1) is 22.4. The van der Waals surface area contributed by atoms with E-state index < -0.39 is 0 Å². The Morgan fingerprint density at radius 3 is 2.94 bits per heavy atom. The van der Waals surface area contributed by atoms with Gasteiger partial charge in [-0.1, -0.05) is 18.5 Å². The molecule has 0 aliphatic carbocycles. The summed E-state index contributed by atoms with van der Waals surface area (Å²) in [6.07, 6.45) is 7.43. The zero-order valence-corrected chi connectivity index (χ0v) is 20.2. The molecule has 3 aromatic heterocycles. The first-order valence-corrected chi connectivity index (χ1v) is 11.8. The van der Waals surface area contributed by atoms with Gasteiger partial charge in [0.05, 0.1) is 23.5 Å². The van der Waals surface area contributed by atoms with Gasteiger partial charge in [0.15, 0.2) is 5.58 Å². The second-order valence-electron chi connectivity index (χ2n) is 9.01. The third-order valence-corrected chi connectivity index (χ3v) is 6.66. The molecule has 0 radical (unpaired) electrons. The van der Waals surface area contributed by atoms with Crippen molar-refractivity contribution in [2.75, 3.05) is 18.4 Å². The van der Waals surface area contributed by atoms with Crippen molar-refractivity contribution in [3.8, 4) is 11.3 Å². The number of fused-ring (bicyclic) bond motifs is 1. The van der Waals surface area contributed by atoms with Gasteiger partial charge in [-0.2, -0.15) is 10.1 Å². The molecule has 1 aliphatic heterocycles. The minimum atomic E-state index is -0.0160. The quantitative estimate of drug-likeness (QED) is 0.437. The third-order valence-electron chi connectivity index (χ3n) is 6.42. The molecule has 1 fully saturated rings. The average molecular weight is 479 g/mol. The van der Waals surface area contributed by atoms with E-state index in [9.17, 15) is 4.79 Å². The Morgan fingerprint density at radius 2 is 2.15 bits per heavy atom. The molecule has 0 spiro atoms. The van der Waals surface area contributed by atoms with Crippen LogP contribution < -0.4 is 5.32 Å². The van der Waals surface area contributed by atoms with Crippen LogP contribution in [0.2, 0.25) is 5.02 Å². The third kappa shape index (κ3) is 4.37. The summed E-state index contributed by atoms with van der Waals surface area (Å²) in [7, 11) is 1.85. The SMILES string of the molecule is Cc1cnc(-c2cnn(C)c2)c(C(=O)N2CCC[C@@H](C)[C@H]2CNc2nc3cc(Cl)ccc3o2)c1. The fourth-order valence-electron chi connectivity index (χ4n) is 4.64. The number of anilines is 1. The largest absolute Gasteiger partial charge is 0.424 e. The predicted octanol–water partition coefficient (Wildman–Crippen LogP) is 4.94. The number of likely N-dealkylation sites (tertiary alicyclic amines) is 1. The number of aryl methyl sites for hydroxylation is 2. The number of amides is 1. The van der Waals surface area contributed by atoms with Crippen molar-refractivity contribution in [3.05, 3.63) is 59.0 Å². The number of aromatic nitrogens is 4. The average Bonchev–Trinajstić information content (AvgIpc) is 3.43. The maximum Gasteiger partial charge on any atom is 0.295 e. The van der Waals surface area contributed by atoms with E-state index in [-0.39, 0.29) is 11.9 Å². The number of pyridine rings is 1. The van der Waals surface area contributed by atoms with Gasteiger partial charge >= 0.3 is 0 Å². The van der Waals surface area contributed by atoms with E-state index in [0.29, 0.717) is 52.4 Å². The van der Waals surface area contributed by atoms with Crippen LogP contribution in [-0.4, -0.2) is 49.7 Å². The van der Waals surface area contributed by atoms with E-state index in [0.717, 1.165) is 24.0 Å². The molecule has 0 unspecified atom stereocenters. The Kier molecular flexibility index (Phi) is 6.00. The second kappa shape index (κ2) is 9.10. The van der Waals surface area contributed by atoms with Gasteiger partial charge in [-0.15, -0.1) is 0 Å². The van der Waals surface area contributed by atoms with Crippen molar-refractivity contribution in [3.63, 3.8) is 0 Å². The number of piperidine rings is 1. The van der Waals surface area contributed by atoms with Crippen LogP contribution in [0.5, 0.6) is 0 Å². The summed E-state index contributed by atoms with van der Waals surface area (Å²) in [5.41, 5.74) is 4.40. The monoisotopic (exact) mass is 478 g/mol. The maximum absolute atomic E-state index is 13.9. The van der Waals surface area contributed by atoms with Crippen molar-refractivity contribution in [1.29, 1.82) is 0 Å². The van der Waals surface area contributed by atoms with E-state index >= 15 is 0 Å². The second-order valence-corrected chi connectivity index (χ2v) is 9.45. The summed E-state index contributed by atoms with van der Waals surface area (Å²) in [5, 5.41) is 8.18. The number of carbonyl (C=O) groups is 1. The number of hydrogen-bond donors (Lipinski definition) is 1. The van der Waals surface area contributed by atoms with Crippen molar-refractivity contribution < 1.29 is 9.21 Å². The molecule has 8 nitrogen and oxygen atoms in total. The summed E-state index contributed by atoms with van der Waals surface area (Å²) in [6, 6.07) is 7.69. The molecule has 1 saturated heterocycles. The van der Waals surface area contributed by atoms with Crippen molar-refractivity contribution in [2.24, 2.45) is 13.0 Å². The van der Waals surface area contributed by atoms with E-state index in [1.807, 2.05) is 31.1 Å². The van der Waals surface area contributed by atoms with E-state index in [1.165, 1.54) is 0 Å². The summed E-state index contributed by atoms with van der Waals surface area (Å²) < 4.78 is 7.54. The molecule has 1 N–H and O–H groups in total. The first-order valence-electron chi connectivity index (χ1n) is 11.5. The topological polar surface area (TPSA) is 89.1 Å². The van der Waals surface area contributed by atoms with Gasteiger partial charge in [0.25, 0.3) is 11.9 Å². The van der Waals surface area contributed by atoms with Crippen LogP contribution in [0, 0.1) is 12.8 Å². The number of nitrogens with one attached hydrogen (secondary N) is 1. The molecule has 4 heterocycles. The fourth-order valence-corrected chi connectivity index (χ4v) is 4.81. The molecule has 1 aliphatic rings. The first-order chi connectivity index (χ1) is 16.4. The summed E-state index contributed by atoms with van der Waals surface area (Å²) >= 11 is 6.07. The van der Waals surface area contributed by atoms with Crippen molar-refractivity contribution in [2.45, 2.75) is 32.7 Å². The number of carbonyl (C=O) groups excluding carboxylic acids is 1. The molecule has 34 heavy (non-hydrogen) atoms. The van der Waals surface area contributed by atoms with Crippen LogP contribution in [0.3, 0.4) is 0 Å². The fraction of sp³-hybridized carbons (Fsp3) is 0.360. The lowest BCUT2D eigenvalue weighted by atomic mass is 9.89. The van der Waals surface area contributed by atoms with E-state index in [1.54, 1.807) is 35.3 Å². The highest BCUT2D eigenvalue weighted by atomic mass is 35.5. The number of hydrogen-bond acceptors (Lipinski definition) is 6. The van der Waals surface area contributed by atoms with Crippen LogP contribution in [0.4, 0.5) is 6.01 Å². The number of oxazole rings is 1. The number of benzene rings is 1. The van der Waals surface area contributed by atoms with Gasteiger partial charge in [0.1, 0.15) is 5.52 Å². The minimum Gasteiger partial charge on any atom is -0.424 e. The Morgan fingerprint density at radius 1 is 1.29 bits per heavy atom. The standard InChI is InChI=1S/C25H27ClN6O2/c1-15-9-19(23(27-11-15)17-12-29-31(3)14-17)24(33)32-8-4-5-16(2)21(32)13-28-25-30-20-10-18(26)6-7-22(20)34-25/h6-7,9-12,14,16,21H,4-5,8,13H2,1-3H3,(H,28,30)/t16-,21-/m1/s1. The molecule has 0 saturated carbocycles.